The molecule has 28 heavy (non-hydrogen) atoms. The number of ether oxygens (including phenoxy) is 2. The number of carbonyl (C=O) groups is 3. The molecule has 2 N–H and O–H groups in total. The normalized spacial score (nSPS) is 13.2. The zero-order valence-corrected chi connectivity index (χ0v) is 17.4. The van der Waals surface area contributed by atoms with Gasteiger partial charge in [0.15, 0.2) is 6.10 Å². The first-order valence-electron chi connectivity index (χ1n) is 9.64. The molecule has 0 saturated heterocycles. The van der Waals surface area contributed by atoms with Crippen LogP contribution >= 0.6 is 0 Å². The molecule has 156 valence electrons. The third-order valence-corrected chi connectivity index (χ3v) is 3.77. The molecule has 0 fully saturated rings. The average Bonchev–Trinajstić information content (AvgIpc) is 2.60. The highest BCUT2D eigenvalue weighted by atomic mass is 16.6. The minimum Gasteiger partial charge on any atom is -0.452 e. The van der Waals surface area contributed by atoms with Crippen LogP contribution < -0.4 is 10.6 Å². The summed E-state index contributed by atoms with van der Waals surface area (Å²) in [5.41, 5.74) is 0.406. The van der Waals surface area contributed by atoms with Gasteiger partial charge in [-0.05, 0) is 39.7 Å². The van der Waals surface area contributed by atoms with E-state index >= 15 is 0 Å². The van der Waals surface area contributed by atoms with Gasteiger partial charge in [0.2, 0.25) is 0 Å². The van der Waals surface area contributed by atoms with Crippen molar-refractivity contribution in [1.82, 2.24) is 10.6 Å². The van der Waals surface area contributed by atoms with Gasteiger partial charge in [-0.15, -0.1) is 0 Å². The molecule has 0 radical (unpaired) electrons. The third kappa shape index (κ3) is 9.39. The van der Waals surface area contributed by atoms with E-state index in [4.69, 9.17) is 9.47 Å². The Bertz CT molecular complexity index is 640. The van der Waals surface area contributed by atoms with Crippen molar-refractivity contribution in [2.45, 2.75) is 71.6 Å². The summed E-state index contributed by atoms with van der Waals surface area (Å²) in [5, 5.41) is 5.41. The summed E-state index contributed by atoms with van der Waals surface area (Å²) < 4.78 is 10.2. The van der Waals surface area contributed by atoms with Gasteiger partial charge in [-0.1, -0.05) is 43.7 Å². The molecule has 1 rings (SSSR count). The lowest BCUT2D eigenvalue weighted by molar-refractivity contribution is -0.155. The largest absolute Gasteiger partial charge is 0.452 e. The molecular weight excluding hydrogens is 360 g/mol. The summed E-state index contributed by atoms with van der Waals surface area (Å²) in [5.74, 6) is -0.916. The Balaban J connectivity index is 2.43. The molecule has 0 aromatic heterocycles. The number of esters is 1. The first kappa shape index (κ1) is 23.5. The minimum atomic E-state index is -0.919. The molecule has 7 nitrogen and oxygen atoms in total. The number of amides is 2. The second-order valence-electron chi connectivity index (χ2n) is 7.57. The van der Waals surface area contributed by atoms with Crippen LogP contribution in [0, 0.1) is 0 Å². The Labute approximate surface area is 167 Å². The van der Waals surface area contributed by atoms with E-state index in [1.54, 1.807) is 20.8 Å². The second kappa shape index (κ2) is 11.3. The molecule has 1 aromatic carbocycles. The molecule has 7 heteroatoms. The van der Waals surface area contributed by atoms with Crippen molar-refractivity contribution in [2.75, 3.05) is 6.54 Å². The van der Waals surface area contributed by atoms with Crippen molar-refractivity contribution in [3.8, 4) is 0 Å². The first-order valence-corrected chi connectivity index (χ1v) is 9.64. The quantitative estimate of drug-likeness (QED) is 0.628. The van der Waals surface area contributed by atoms with E-state index < -0.39 is 23.8 Å². The number of rotatable bonds is 9. The van der Waals surface area contributed by atoms with Crippen molar-refractivity contribution in [1.29, 1.82) is 0 Å². The highest BCUT2D eigenvalue weighted by molar-refractivity contribution is 5.83. The maximum Gasteiger partial charge on any atom is 0.407 e. The lowest BCUT2D eigenvalue weighted by atomic mass is 10.0. The molecule has 0 saturated carbocycles. The maximum atomic E-state index is 12.4. The smallest absolute Gasteiger partial charge is 0.407 e. The van der Waals surface area contributed by atoms with E-state index in [0.29, 0.717) is 0 Å². The fraction of sp³-hybridized carbons (Fsp3) is 0.571. The predicted molar refractivity (Wildman–Crippen MR) is 107 cm³/mol. The van der Waals surface area contributed by atoms with E-state index in [0.717, 1.165) is 18.4 Å². The summed E-state index contributed by atoms with van der Waals surface area (Å²) in [6.07, 6.45) is 0.127. The second-order valence-corrected chi connectivity index (χ2v) is 7.57. The van der Waals surface area contributed by atoms with E-state index in [2.05, 4.69) is 10.6 Å². The summed E-state index contributed by atoms with van der Waals surface area (Å²) in [6, 6.07) is 9.55. The van der Waals surface area contributed by atoms with Crippen molar-refractivity contribution in [2.24, 2.45) is 0 Å². The van der Waals surface area contributed by atoms with Crippen LogP contribution in [-0.2, 0) is 19.1 Å². The van der Waals surface area contributed by atoms with Crippen LogP contribution in [0.5, 0.6) is 0 Å². The Morgan fingerprint density at radius 3 is 2.32 bits per heavy atom. The van der Waals surface area contributed by atoms with E-state index in [1.165, 1.54) is 6.92 Å². The molecule has 0 aliphatic rings. The molecule has 0 heterocycles. The zero-order chi connectivity index (χ0) is 21.2. The number of hydrogen-bond acceptors (Lipinski definition) is 5. The summed E-state index contributed by atoms with van der Waals surface area (Å²) in [6.45, 7) is 8.91. The van der Waals surface area contributed by atoms with Gasteiger partial charge in [-0.2, -0.15) is 0 Å². The molecule has 2 atom stereocenters. The van der Waals surface area contributed by atoms with Gasteiger partial charge in [0, 0.05) is 6.54 Å². The van der Waals surface area contributed by atoms with Crippen molar-refractivity contribution in [3.05, 3.63) is 35.9 Å². The van der Waals surface area contributed by atoms with Crippen molar-refractivity contribution in [3.63, 3.8) is 0 Å². The molecule has 0 spiro atoms. The van der Waals surface area contributed by atoms with Gasteiger partial charge in [0.1, 0.15) is 5.60 Å². The highest BCUT2D eigenvalue weighted by Gasteiger charge is 2.22. The Hall–Kier alpha value is -2.57. The summed E-state index contributed by atoms with van der Waals surface area (Å²) in [7, 11) is 0. The third-order valence-electron chi connectivity index (χ3n) is 3.77. The SMILES string of the molecule is CCCC(NC(=O)C(C)OC(=O)CCNC(=O)OC(C)(C)C)c1ccccc1. The fourth-order valence-corrected chi connectivity index (χ4v) is 2.48. The topological polar surface area (TPSA) is 93.7 Å². The maximum absolute atomic E-state index is 12.4. The summed E-state index contributed by atoms with van der Waals surface area (Å²) >= 11 is 0. The molecule has 2 unspecified atom stereocenters. The lowest BCUT2D eigenvalue weighted by Gasteiger charge is -2.21. The van der Waals surface area contributed by atoms with Gasteiger partial charge < -0.3 is 20.1 Å². The van der Waals surface area contributed by atoms with E-state index in [9.17, 15) is 14.4 Å². The number of carbonyl (C=O) groups excluding carboxylic acids is 3. The summed E-state index contributed by atoms with van der Waals surface area (Å²) in [4.78, 5) is 35.8. The minimum absolute atomic E-state index is 0.0477. The zero-order valence-electron chi connectivity index (χ0n) is 17.4. The van der Waals surface area contributed by atoms with Crippen LogP contribution in [0.15, 0.2) is 30.3 Å². The van der Waals surface area contributed by atoms with Crippen molar-refractivity contribution < 1.29 is 23.9 Å². The molecule has 2 amide bonds. The molecule has 0 bridgehead atoms. The van der Waals surface area contributed by atoms with Crippen LogP contribution in [0.3, 0.4) is 0 Å². The fourth-order valence-electron chi connectivity index (χ4n) is 2.48. The number of hydrogen-bond donors (Lipinski definition) is 2. The van der Waals surface area contributed by atoms with Gasteiger partial charge >= 0.3 is 12.1 Å². The number of benzene rings is 1. The molecule has 1 aromatic rings. The van der Waals surface area contributed by atoms with Gasteiger partial charge in [0.25, 0.3) is 5.91 Å². The average molecular weight is 392 g/mol. The highest BCUT2D eigenvalue weighted by Crippen LogP contribution is 2.18. The molecule has 0 aliphatic heterocycles. The number of alkyl carbamates (subject to hydrolysis) is 1. The van der Waals surface area contributed by atoms with Gasteiger partial charge in [0.05, 0.1) is 12.5 Å². The number of nitrogens with one attached hydrogen (secondary N) is 2. The monoisotopic (exact) mass is 392 g/mol. The van der Waals surface area contributed by atoms with Crippen LogP contribution in [0.2, 0.25) is 0 Å². The molecular formula is C21H32N2O5. The van der Waals surface area contributed by atoms with Gasteiger partial charge in [-0.25, -0.2) is 4.79 Å². The Morgan fingerprint density at radius 2 is 1.75 bits per heavy atom. The molecule has 0 aliphatic carbocycles. The first-order chi connectivity index (χ1) is 13.1. The lowest BCUT2D eigenvalue weighted by Crippen LogP contribution is -2.39. The van der Waals surface area contributed by atoms with E-state index in [-0.39, 0.29) is 24.9 Å². The van der Waals surface area contributed by atoms with Crippen LogP contribution in [-0.4, -0.2) is 36.2 Å². The van der Waals surface area contributed by atoms with Crippen LogP contribution in [0.1, 0.15) is 65.5 Å². The van der Waals surface area contributed by atoms with Crippen molar-refractivity contribution >= 4 is 18.0 Å². The van der Waals surface area contributed by atoms with Gasteiger partial charge in [-0.3, -0.25) is 9.59 Å². The van der Waals surface area contributed by atoms with Crippen LogP contribution in [0.4, 0.5) is 4.79 Å². The van der Waals surface area contributed by atoms with Crippen LogP contribution in [0.25, 0.3) is 0 Å². The Morgan fingerprint density at radius 1 is 1.11 bits per heavy atom. The van der Waals surface area contributed by atoms with E-state index in [1.807, 2.05) is 37.3 Å². The predicted octanol–water partition coefficient (Wildman–Crippen LogP) is 3.49. The standard InChI is InChI=1S/C21H32N2O5/c1-6-10-17(16-11-8-7-9-12-16)23-19(25)15(2)27-18(24)13-14-22-20(26)28-21(3,4)5/h7-9,11-12,15,17H,6,10,13-14H2,1-5H3,(H,22,26)(H,23,25). The Kier molecular flexibility index (Phi) is 9.48.